The number of nitrogens with one attached hydrogen (secondary N) is 1. The summed E-state index contributed by atoms with van der Waals surface area (Å²) < 4.78 is 33.2. The Morgan fingerprint density at radius 1 is 1.27 bits per heavy atom. The SMILES string of the molecule is C#CCn1nnnc1SCC1=C(C(=O)O)N2C(=O)C(NC(=O)[C@@H](N)c3ccccc3)[C@@H]2SC1.O=C(O)C(F)(F)F. The number of β-lactam (4-membered cyclic amide) rings is 1. The number of aromatic nitrogens is 4. The normalized spacial score (nSPS) is 18.9. The number of nitrogens with two attached hydrogens (primary N) is 1. The van der Waals surface area contributed by atoms with Crippen molar-refractivity contribution in [2.45, 2.75) is 35.3 Å². The second-order valence-electron chi connectivity index (χ2n) is 7.96. The summed E-state index contributed by atoms with van der Waals surface area (Å²) in [5.74, 6) is -1.87. The van der Waals surface area contributed by atoms with Crippen LogP contribution in [0.2, 0.25) is 0 Å². The highest BCUT2D eigenvalue weighted by Crippen LogP contribution is 2.41. The summed E-state index contributed by atoms with van der Waals surface area (Å²) in [4.78, 5) is 47.5. The molecule has 2 amide bonds. The second kappa shape index (κ2) is 12.8. The average Bonchev–Trinajstić information content (AvgIpc) is 3.36. The van der Waals surface area contributed by atoms with E-state index in [4.69, 9.17) is 22.1 Å². The molecule has 1 fully saturated rings. The third kappa shape index (κ3) is 6.91. The minimum atomic E-state index is -5.08. The number of hydrogen-bond acceptors (Lipinski definition) is 10. The van der Waals surface area contributed by atoms with Gasteiger partial charge in [0.05, 0.1) is 0 Å². The molecule has 0 aliphatic carbocycles. The van der Waals surface area contributed by atoms with Gasteiger partial charge in [0, 0.05) is 11.5 Å². The summed E-state index contributed by atoms with van der Waals surface area (Å²) in [5.41, 5.74) is 7.11. The molecule has 3 atom stereocenters. The maximum Gasteiger partial charge on any atom is 0.490 e. The van der Waals surface area contributed by atoms with Crippen LogP contribution >= 0.6 is 23.5 Å². The Hall–Kier alpha value is -4.08. The minimum absolute atomic E-state index is 0.0786. The van der Waals surface area contributed by atoms with Gasteiger partial charge >= 0.3 is 18.1 Å². The van der Waals surface area contributed by atoms with Crippen molar-refractivity contribution < 1.29 is 42.6 Å². The summed E-state index contributed by atoms with van der Waals surface area (Å²) in [6.45, 7) is 0.189. The zero-order valence-corrected chi connectivity index (χ0v) is 21.7. The van der Waals surface area contributed by atoms with Gasteiger partial charge in [0.2, 0.25) is 11.1 Å². The first-order valence-corrected chi connectivity index (χ1v) is 13.0. The van der Waals surface area contributed by atoms with Crippen LogP contribution in [0.1, 0.15) is 11.6 Å². The van der Waals surface area contributed by atoms with Gasteiger partial charge in [-0.25, -0.2) is 14.3 Å². The summed E-state index contributed by atoms with van der Waals surface area (Å²) in [5, 5.41) is 30.8. The Labute approximate surface area is 232 Å². The van der Waals surface area contributed by atoms with E-state index in [0.29, 0.717) is 22.0 Å². The zero-order valence-electron chi connectivity index (χ0n) is 20.1. The molecule has 1 unspecified atom stereocenters. The van der Waals surface area contributed by atoms with Crippen molar-refractivity contribution in [3.8, 4) is 12.3 Å². The van der Waals surface area contributed by atoms with Crippen molar-refractivity contribution in [2.24, 2.45) is 5.73 Å². The largest absolute Gasteiger partial charge is 0.490 e. The Kier molecular flexibility index (Phi) is 9.78. The van der Waals surface area contributed by atoms with E-state index in [1.54, 1.807) is 24.3 Å². The number of tetrazole rings is 1. The number of halogens is 3. The van der Waals surface area contributed by atoms with Gasteiger partial charge in [-0.1, -0.05) is 48.0 Å². The fraction of sp³-hybridized carbons (Fsp3) is 0.318. The van der Waals surface area contributed by atoms with Gasteiger partial charge < -0.3 is 21.3 Å². The molecule has 1 aromatic heterocycles. The van der Waals surface area contributed by atoms with E-state index in [1.807, 2.05) is 6.07 Å². The van der Waals surface area contributed by atoms with Gasteiger partial charge in [-0.05, 0) is 21.6 Å². The van der Waals surface area contributed by atoms with Crippen molar-refractivity contribution in [3.05, 3.63) is 47.2 Å². The molecule has 18 heteroatoms. The van der Waals surface area contributed by atoms with E-state index < -0.39 is 47.4 Å². The third-order valence-corrected chi connectivity index (χ3v) is 7.73. The number of carboxylic acids is 2. The lowest BCUT2D eigenvalue weighted by Gasteiger charge is -2.49. The van der Waals surface area contributed by atoms with Gasteiger partial charge in [0.25, 0.3) is 5.91 Å². The molecule has 13 nitrogen and oxygen atoms in total. The highest BCUT2D eigenvalue weighted by atomic mass is 32.2. The number of aliphatic carboxylic acids is 2. The topological polar surface area (TPSA) is 194 Å². The summed E-state index contributed by atoms with van der Waals surface area (Å²) in [6, 6.07) is 7.02. The van der Waals surface area contributed by atoms with Crippen LogP contribution in [0.4, 0.5) is 13.2 Å². The lowest BCUT2D eigenvalue weighted by molar-refractivity contribution is -0.192. The molecule has 0 spiro atoms. The van der Waals surface area contributed by atoms with Gasteiger partial charge in [0.15, 0.2) is 0 Å². The second-order valence-corrected chi connectivity index (χ2v) is 10.0. The number of alkyl halides is 3. The van der Waals surface area contributed by atoms with Gasteiger partial charge in [-0.2, -0.15) is 13.2 Å². The number of benzene rings is 1. The molecule has 2 aromatic rings. The maximum atomic E-state index is 12.8. The number of hydrogen-bond donors (Lipinski definition) is 4. The van der Waals surface area contributed by atoms with Crippen LogP contribution < -0.4 is 11.1 Å². The summed E-state index contributed by atoms with van der Waals surface area (Å²) >= 11 is 2.61. The summed E-state index contributed by atoms with van der Waals surface area (Å²) in [7, 11) is 0. The Morgan fingerprint density at radius 3 is 2.50 bits per heavy atom. The van der Waals surface area contributed by atoms with Crippen molar-refractivity contribution in [1.82, 2.24) is 30.4 Å². The molecule has 2 aliphatic rings. The number of fused-ring (bicyclic) bond motifs is 1. The number of carbonyl (C=O) groups is 4. The minimum Gasteiger partial charge on any atom is -0.477 e. The lowest BCUT2D eigenvalue weighted by atomic mass is 10.0. The van der Waals surface area contributed by atoms with Crippen LogP contribution in [-0.4, -0.2) is 88.2 Å². The maximum absolute atomic E-state index is 12.8. The van der Waals surface area contributed by atoms with E-state index in [9.17, 15) is 32.7 Å². The average molecular weight is 600 g/mol. The number of terminal acetylenes is 1. The number of carboxylic acid groups (broad SMARTS) is 2. The monoisotopic (exact) mass is 599 g/mol. The van der Waals surface area contributed by atoms with Crippen molar-refractivity contribution in [2.75, 3.05) is 11.5 Å². The van der Waals surface area contributed by atoms with E-state index in [0.717, 1.165) is 0 Å². The van der Waals surface area contributed by atoms with Crippen molar-refractivity contribution >= 4 is 47.3 Å². The Balaban J connectivity index is 0.000000559. The fourth-order valence-electron chi connectivity index (χ4n) is 3.49. The molecule has 4 rings (SSSR count). The predicted octanol–water partition coefficient (Wildman–Crippen LogP) is 0.470. The quantitative estimate of drug-likeness (QED) is 0.186. The molecular weight excluding hydrogens is 579 g/mol. The van der Waals surface area contributed by atoms with Crippen molar-refractivity contribution in [3.63, 3.8) is 0 Å². The molecule has 1 aromatic carbocycles. The number of rotatable bonds is 8. The Bertz CT molecular complexity index is 1360. The van der Waals surface area contributed by atoms with E-state index >= 15 is 0 Å². The van der Waals surface area contributed by atoms with Gasteiger partial charge in [-0.15, -0.1) is 23.3 Å². The van der Waals surface area contributed by atoms with Crippen LogP contribution in [0, 0.1) is 12.3 Å². The lowest BCUT2D eigenvalue weighted by Crippen LogP contribution is -2.71. The van der Waals surface area contributed by atoms with Crippen LogP contribution in [0.15, 0.2) is 46.8 Å². The van der Waals surface area contributed by atoms with Crippen LogP contribution in [0.25, 0.3) is 0 Å². The molecule has 2 aliphatic heterocycles. The smallest absolute Gasteiger partial charge is 0.477 e. The van der Waals surface area contributed by atoms with E-state index in [1.165, 1.54) is 33.1 Å². The number of thioether (sulfide) groups is 2. The molecule has 0 bridgehead atoms. The molecular formula is C22H20F3N7O6S2. The molecule has 5 N–H and O–H groups in total. The molecule has 212 valence electrons. The van der Waals surface area contributed by atoms with Crippen LogP contribution in [0.3, 0.4) is 0 Å². The number of carbonyl (C=O) groups excluding carboxylic acids is 2. The molecule has 40 heavy (non-hydrogen) atoms. The first-order valence-electron chi connectivity index (χ1n) is 11.0. The summed E-state index contributed by atoms with van der Waals surface area (Å²) in [6.07, 6.45) is 0.213. The van der Waals surface area contributed by atoms with Crippen LogP contribution in [-0.2, 0) is 25.7 Å². The standard InChI is InChI=1S/C20H19N7O4S2.C2HF3O2/c1-2-8-26-20(23-24-25-26)33-10-12-9-32-18-14(17(29)27(18)15(12)19(30)31)22-16(28)13(21)11-6-4-3-5-7-11;3-2(4,5)1(6)7/h1,3-7,13-14,18H,8-10,21H2,(H,22,28)(H,30,31);(H,6,7)/t13-,14?,18-;/m0./s1. The van der Waals surface area contributed by atoms with Crippen molar-refractivity contribution in [1.29, 1.82) is 0 Å². The molecule has 1 saturated heterocycles. The zero-order chi connectivity index (χ0) is 29.6. The molecule has 0 radical (unpaired) electrons. The molecule has 0 saturated carbocycles. The predicted molar refractivity (Wildman–Crippen MR) is 134 cm³/mol. The first kappa shape index (κ1) is 30.5. The first-order chi connectivity index (χ1) is 18.9. The highest BCUT2D eigenvalue weighted by Gasteiger charge is 2.54. The number of amides is 2. The number of nitrogens with zero attached hydrogens (tertiary/aromatic N) is 5. The van der Waals surface area contributed by atoms with E-state index in [2.05, 4.69) is 26.8 Å². The highest BCUT2D eigenvalue weighted by molar-refractivity contribution is 8.01. The van der Waals surface area contributed by atoms with E-state index in [-0.39, 0.29) is 18.0 Å². The van der Waals surface area contributed by atoms with Crippen LogP contribution in [0.5, 0.6) is 0 Å². The van der Waals surface area contributed by atoms with Gasteiger partial charge in [-0.3, -0.25) is 14.5 Å². The third-order valence-electron chi connectivity index (χ3n) is 5.35. The van der Waals surface area contributed by atoms with Gasteiger partial charge in [0.1, 0.15) is 29.7 Å². The Morgan fingerprint density at radius 2 is 1.93 bits per heavy atom. The fourth-order valence-corrected chi connectivity index (χ4v) is 5.85. The molecule has 3 heterocycles.